The number of benzene rings is 3. The average Bonchev–Trinajstić information content (AvgIpc) is 3.22. The fourth-order valence-electron chi connectivity index (χ4n) is 3.55. The van der Waals surface area contributed by atoms with Gasteiger partial charge in [0.1, 0.15) is 4.83 Å². The highest BCUT2D eigenvalue weighted by Gasteiger charge is 2.13. The van der Waals surface area contributed by atoms with Gasteiger partial charge >= 0.3 is 0 Å². The first-order chi connectivity index (χ1) is 14.3. The monoisotopic (exact) mass is 394 g/mol. The van der Waals surface area contributed by atoms with Crippen molar-refractivity contribution >= 4 is 21.6 Å². The molecule has 0 aliphatic heterocycles. The number of aromatic nitrogens is 2. The van der Waals surface area contributed by atoms with Crippen LogP contribution >= 0.6 is 11.3 Å². The summed E-state index contributed by atoms with van der Waals surface area (Å²) in [4.78, 5) is 18.5. The summed E-state index contributed by atoms with van der Waals surface area (Å²) in [6.45, 7) is 0.519. The van der Waals surface area contributed by atoms with E-state index in [1.54, 1.807) is 10.9 Å². The predicted octanol–water partition coefficient (Wildman–Crippen LogP) is 5.84. The quantitative estimate of drug-likeness (QED) is 0.384. The van der Waals surface area contributed by atoms with Gasteiger partial charge in [-0.1, -0.05) is 84.9 Å². The van der Waals surface area contributed by atoms with Crippen molar-refractivity contribution in [1.29, 1.82) is 0 Å². The Balaban J connectivity index is 1.55. The van der Waals surface area contributed by atoms with Crippen molar-refractivity contribution in [2.45, 2.75) is 6.54 Å². The molecule has 0 fully saturated rings. The number of hydrogen-bond donors (Lipinski definition) is 0. The van der Waals surface area contributed by atoms with Gasteiger partial charge in [-0.2, -0.15) is 0 Å². The summed E-state index contributed by atoms with van der Waals surface area (Å²) in [6.07, 6.45) is 1.65. The van der Waals surface area contributed by atoms with Crippen LogP contribution in [0.25, 0.3) is 32.5 Å². The van der Waals surface area contributed by atoms with Gasteiger partial charge in [0.15, 0.2) is 0 Å². The molecule has 0 unspecified atom stereocenters. The Morgan fingerprint density at radius 1 is 0.759 bits per heavy atom. The lowest BCUT2D eigenvalue weighted by Gasteiger charge is -2.07. The first-order valence-electron chi connectivity index (χ1n) is 9.46. The van der Waals surface area contributed by atoms with Crippen LogP contribution in [0.3, 0.4) is 0 Å². The van der Waals surface area contributed by atoms with Gasteiger partial charge in [-0.3, -0.25) is 9.36 Å². The van der Waals surface area contributed by atoms with E-state index in [1.165, 1.54) is 16.9 Å². The Bertz CT molecular complexity index is 1320. The van der Waals surface area contributed by atoms with Crippen LogP contribution in [-0.2, 0) is 6.54 Å². The number of hydrogen-bond acceptors (Lipinski definition) is 3. The van der Waals surface area contributed by atoms with E-state index in [0.29, 0.717) is 11.9 Å². The Morgan fingerprint density at radius 2 is 1.38 bits per heavy atom. The van der Waals surface area contributed by atoms with E-state index in [2.05, 4.69) is 41.4 Å². The van der Waals surface area contributed by atoms with E-state index < -0.39 is 0 Å². The van der Waals surface area contributed by atoms with Gasteiger partial charge in [0.25, 0.3) is 5.56 Å². The summed E-state index contributed by atoms with van der Waals surface area (Å²) in [7, 11) is 0. The molecule has 0 bridgehead atoms. The Kier molecular flexibility index (Phi) is 4.54. The van der Waals surface area contributed by atoms with E-state index in [9.17, 15) is 4.79 Å². The molecule has 29 heavy (non-hydrogen) atoms. The molecule has 5 rings (SSSR count). The number of thiophene rings is 1. The van der Waals surface area contributed by atoms with E-state index >= 15 is 0 Å². The maximum atomic E-state index is 13.2. The SMILES string of the molecule is O=c1c2c(-c3ccc(-c4ccccc4)cc3)csc2ncn1Cc1ccccc1. The third kappa shape index (κ3) is 3.39. The number of fused-ring (bicyclic) bond motifs is 1. The molecule has 0 radical (unpaired) electrons. The van der Waals surface area contributed by atoms with Gasteiger partial charge < -0.3 is 0 Å². The number of rotatable bonds is 4. The Morgan fingerprint density at radius 3 is 2.10 bits per heavy atom. The molecule has 0 spiro atoms. The van der Waals surface area contributed by atoms with Crippen molar-refractivity contribution < 1.29 is 0 Å². The van der Waals surface area contributed by atoms with E-state index in [1.807, 2.05) is 53.9 Å². The third-order valence-corrected chi connectivity index (χ3v) is 5.95. The summed E-state index contributed by atoms with van der Waals surface area (Å²) < 4.78 is 1.69. The second-order valence-corrected chi connectivity index (χ2v) is 7.79. The molecule has 0 aliphatic rings. The van der Waals surface area contributed by atoms with Crippen molar-refractivity contribution in [2.75, 3.05) is 0 Å². The molecule has 0 N–H and O–H groups in total. The van der Waals surface area contributed by atoms with Gasteiger partial charge in [0.2, 0.25) is 0 Å². The second kappa shape index (κ2) is 7.49. The molecule has 3 aromatic carbocycles. The van der Waals surface area contributed by atoms with Crippen LogP contribution in [0.15, 0.2) is 101 Å². The highest BCUT2D eigenvalue weighted by Crippen LogP contribution is 2.32. The first-order valence-corrected chi connectivity index (χ1v) is 10.3. The molecule has 2 aromatic heterocycles. The molecule has 0 saturated carbocycles. The molecule has 0 amide bonds. The zero-order valence-electron chi connectivity index (χ0n) is 15.7. The molecule has 3 nitrogen and oxygen atoms in total. The summed E-state index contributed by atoms with van der Waals surface area (Å²) in [5.41, 5.74) is 5.41. The smallest absolute Gasteiger partial charge is 0.263 e. The lowest BCUT2D eigenvalue weighted by Crippen LogP contribution is -2.20. The minimum Gasteiger partial charge on any atom is -0.294 e. The van der Waals surface area contributed by atoms with Crippen LogP contribution in [0.5, 0.6) is 0 Å². The molecular formula is C25H18N2OS. The molecule has 0 aliphatic carbocycles. The Hall–Kier alpha value is -3.50. The van der Waals surface area contributed by atoms with E-state index in [0.717, 1.165) is 27.1 Å². The highest BCUT2D eigenvalue weighted by molar-refractivity contribution is 7.17. The van der Waals surface area contributed by atoms with Gasteiger partial charge in [-0.25, -0.2) is 4.98 Å². The summed E-state index contributed by atoms with van der Waals surface area (Å²) >= 11 is 1.51. The maximum absolute atomic E-state index is 13.2. The zero-order chi connectivity index (χ0) is 19.6. The lowest BCUT2D eigenvalue weighted by molar-refractivity contribution is 0.749. The molecule has 5 aromatic rings. The average molecular weight is 394 g/mol. The van der Waals surface area contributed by atoms with Gasteiger partial charge in [0.05, 0.1) is 18.3 Å². The van der Waals surface area contributed by atoms with Gasteiger partial charge in [-0.15, -0.1) is 11.3 Å². The second-order valence-electron chi connectivity index (χ2n) is 6.94. The molecule has 0 saturated heterocycles. The van der Waals surface area contributed by atoms with Crippen LogP contribution in [0.1, 0.15) is 5.56 Å². The van der Waals surface area contributed by atoms with Crippen molar-refractivity contribution in [3.05, 3.63) is 113 Å². The Labute approximate surface area is 172 Å². The molecule has 0 atom stereocenters. The van der Waals surface area contributed by atoms with E-state index in [-0.39, 0.29) is 5.56 Å². The third-order valence-electron chi connectivity index (χ3n) is 5.06. The van der Waals surface area contributed by atoms with Crippen molar-refractivity contribution in [2.24, 2.45) is 0 Å². The highest BCUT2D eigenvalue weighted by atomic mass is 32.1. The van der Waals surface area contributed by atoms with Crippen LogP contribution in [0, 0.1) is 0 Å². The lowest BCUT2D eigenvalue weighted by atomic mass is 10.0. The summed E-state index contributed by atoms with van der Waals surface area (Å²) in [5.74, 6) is 0. The molecular weight excluding hydrogens is 376 g/mol. The predicted molar refractivity (Wildman–Crippen MR) is 120 cm³/mol. The summed E-state index contributed by atoms with van der Waals surface area (Å²) in [6, 6.07) is 28.6. The van der Waals surface area contributed by atoms with Crippen molar-refractivity contribution in [3.63, 3.8) is 0 Å². The van der Waals surface area contributed by atoms with Crippen molar-refractivity contribution in [1.82, 2.24) is 9.55 Å². The fourth-order valence-corrected chi connectivity index (χ4v) is 4.45. The summed E-state index contributed by atoms with van der Waals surface area (Å²) in [5, 5.41) is 2.73. The minimum absolute atomic E-state index is 0.00207. The molecule has 4 heteroatoms. The van der Waals surface area contributed by atoms with Crippen LogP contribution < -0.4 is 5.56 Å². The maximum Gasteiger partial charge on any atom is 0.263 e. The molecule has 140 valence electrons. The van der Waals surface area contributed by atoms with E-state index in [4.69, 9.17) is 0 Å². The van der Waals surface area contributed by atoms with Gasteiger partial charge in [0, 0.05) is 10.9 Å². The zero-order valence-corrected chi connectivity index (χ0v) is 16.5. The van der Waals surface area contributed by atoms with Crippen LogP contribution in [-0.4, -0.2) is 9.55 Å². The fraction of sp³-hybridized carbons (Fsp3) is 0.0400. The minimum atomic E-state index is 0.00207. The number of nitrogens with zero attached hydrogens (tertiary/aromatic N) is 2. The van der Waals surface area contributed by atoms with Crippen LogP contribution in [0.2, 0.25) is 0 Å². The first kappa shape index (κ1) is 17.6. The normalized spacial score (nSPS) is 11.0. The van der Waals surface area contributed by atoms with Crippen LogP contribution in [0.4, 0.5) is 0 Å². The van der Waals surface area contributed by atoms with Gasteiger partial charge in [-0.05, 0) is 22.3 Å². The largest absolute Gasteiger partial charge is 0.294 e. The standard InChI is InChI=1S/C25H18N2OS/c28-25-23-22(21-13-11-20(12-14-21)19-9-5-2-6-10-19)16-29-24(23)26-17-27(25)15-18-7-3-1-4-8-18/h1-14,16-17H,15H2. The topological polar surface area (TPSA) is 34.9 Å². The molecule has 2 heterocycles. The van der Waals surface area contributed by atoms with Crippen molar-refractivity contribution in [3.8, 4) is 22.3 Å².